The molecule has 2 rings (SSSR count). The van der Waals surface area contributed by atoms with Crippen molar-refractivity contribution in [3.8, 4) is 0 Å². The van der Waals surface area contributed by atoms with E-state index in [0.717, 1.165) is 5.69 Å². The van der Waals surface area contributed by atoms with Gasteiger partial charge < -0.3 is 15.7 Å². The first-order valence-corrected chi connectivity index (χ1v) is 5.91. The first kappa shape index (κ1) is 12.4. The van der Waals surface area contributed by atoms with Crippen LogP contribution in [0.4, 0.5) is 11.4 Å². The van der Waals surface area contributed by atoms with Crippen LogP contribution in [0.15, 0.2) is 18.2 Å². The number of rotatable bonds is 2. The van der Waals surface area contributed by atoms with Gasteiger partial charge in [0.25, 0.3) is 0 Å². The number of anilines is 2. The zero-order valence-corrected chi connectivity index (χ0v) is 10.4. The first-order chi connectivity index (χ1) is 8.49. The van der Waals surface area contributed by atoms with E-state index in [1.54, 1.807) is 6.07 Å². The van der Waals surface area contributed by atoms with Crippen LogP contribution < -0.4 is 10.6 Å². The minimum atomic E-state index is -1.00. The molecule has 18 heavy (non-hydrogen) atoms. The summed E-state index contributed by atoms with van der Waals surface area (Å²) < 4.78 is 0. The number of amides is 1. The Kier molecular flexibility index (Phi) is 3.23. The van der Waals surface area contributed by atoms with Gasteiger partial charge in [0.05, 0.1) is 22.9 Å². The second-order valence-electron chi connectivity index (χ2n) is 4.79. The standard InChI is InChI=1S/C13H16N2O3/c1-7(2)9-6-14-10-4-3-8(13(17)18)5-11(10)15-12(9)16/h3-5,7,9,14H,6H2,1-2H3,(H,15,16)(H,17,18). The second-order valence-corrected chi connectivity index (χ2v) is 4.79. The summed E-state index contributed by atoms with van der Waals surface area (Å²) in [6, 6.07) is 4.68. The Labute approximate surface area is 105 Å². The van der Waals surface area contributed by atoms with Gasteiger partial charge in [-0.15, -0.1) is 0 Å². The van der Waals surface area contributed by atoms with Gasteiger partial charge in [0.1, 0.15) is 0 Å². The molecule has 1 heterocycles. The van der Waals surface area contributed by atoms with Crippen LogP contribution in [0.3, 0.4) is 0 Å². The molecule has 5 nitrogen and oxygen atoms in total. The number of aromatic carboxylic acids is 1. The lowest BCUT2D eigenvalue weighted by atomic mass is 9.95. The Morgan fingerprint density at radius 1 is 1.39 bits per heavy atom. The Morgan fingerprint density at radius 3 is 2.72 bits per heavy atom. The van der Waals surface area contributed by atoms with E-state index in [2.05, 4.69) is 10.6 Å². The predicted octanol–water partition coefficient (Wildman–Crippen LogP) is 2.02. The average Bonchev–Trinajstić information content (AvgIpc) is 2.45. The highest BCUT2D eigenvalue weighted by atomic mass is 16.4. The van der Waals surface area contributed by atoms with Crippen molar-refractivity contribution in [2.45, 2.75) is 13.8 Å². The van der Waals surface area contributed by atoms with Crippen molar-refractivity contribution in [3.05, 3.63) is 23.8 Å². The van der Waals surface area contributed by atoms with E-state index in [0.29, 0.717) is 12.2 Å². The quantitative estimate of drug-likeness (QED) is 0.748. The summed E-state index contributed by atoms with van der Waals surface area (Å²) in [5.74, 6) is -0.966. The number of fused-ring (bicyclic) bond motifs is 1. The van der Waals surface area contributed by atoms with E-state index in [-0.39, 0.29) is 23.3 Å². The second kappa shape index (κ2) is 4.68. The van der Waals surface area contributed by atoms with Crippen molar-refractivity contribution < 1.29 is 14.7 Å². The smallest absolute Gasteiger partial charge is 0.335 e. The summed E-state index contributed by atoms with van der Waals surface area (Å²) in [5.41, 5.74) is 1.46. The molecule has 0 saturated carbocycles. The van der Waals surface area contributed by atoms with Crippen LogP contribution in [0, 0.1) is 11.8 Å². The number of hydrogen-bond donors (Lipinski definition) is 3. The van der Waals surface area contributed by atoms with Crippen LogP contribution in [0.25, 0.3) is 0 Å². The SMILES string of the molecule is CC(C)C1CNc2ccc(C(=O)O)cc2NC1=O. The van der Waals surface area contributed by atoms with E-state index in [9.17, 15) is 9.59 Å². The van der Waals surface area contributed by atoms with Crippen LogP contribution in [-0.2, 0) is 4.79 Å². The van der Waals surface area contributed by atoms with Crippen molar-refractivity contribution in [2.75, 3.05) is 17.2 Å². The molecule has 96 valence electrons. The third-order valence-corrected chi connectivity index (χ3v) is 3.18. The molecule has 0 fully saturated rings. The lowest BCUT2D eigenvalue weighted by Gasteiger charge is -2.16. The molecule has 1 aliphatic heterocycles. The molecule has 0 saturated heterocycles. The van der Waals surface area contributed by atoms with Crippen LogP contribution in [0.1, 0.15) is 24.2 Å². The van der Waals surface area contributed by atoms with Crippen molar-refractivity contribution >= 4 is 23.3 Å². The molecule has 0 spiro atoms. The fourth-order valence-corrected chi connectivity index (χ4v) is 2.01. The lowest BCUT2D eigenvalue weighted by molar-refractivity contribution is -0.120. The van der Waals surface area contributed by atoms with Crippen molar-refractivity contribution in [2.24, 2.45) is 11.8 Å². The minimum absolute atomic E-state index is 0.0706. The fraction of sp³-hybridized carbons (Fsp3) is 0.385. The minimum Gasteiger partial charge on any atom is -0.478 e. The van der Waals surface area contributed by atoms with Crippen LogP contribution >= 0.6 is 0 Å². The Bertz CT molecular complexity index is 497. The highest BCUT2D eigenvalue weighted by molar-refractivity contribution is 6.00. The Morgan fingerprint density at radius 2 is 2.11 bits per heavy atom. The van der Waals surface area contributed by atoms with Gasteiger partial charge in [0.15, 0.2) is 0 Å². The van der Waals surface area contributed by atoms with Gasteiger partial charge in [0, 0.05) is 6.54 Å². The number of nitrogens with one attached hydrogen (secondary N) is 2. The van der Waals surface area contributed by atoms with Crippen LogP contribution in [0.5, 0.6) is 0 Å². The number of hydrogen-bond acceptors (Lipinski definition) is 3. The first-order valence-electron chi connectivity index (χ1n) is 5.91. The molecule has 1 amide bonds. The zero-order valence-electron chi connectivity index (χ0n) is 10.4. The average molecular weight is 248 g/mol. The summed E-state index contributed by atoms with van der Waals surface area (Å²) in [5, 5.41) is 14.9. The molecule has 0 aliphatic carbocycles. The molecule has 0 aromatic heterocycles. The third kappa shape index (κ3) is 2.30. The molecule has 1 aliphatic rings. The highest BCUT2D eigenvalue weighted by Crippen LogP contribution is 2.28. The highest BCUT2D eigenvalue weighted by Gasteiger charge is 2.26. The maximum absolute atomic E-state index is 12.0. The van der Waals surface area contributed by atoms with Crippen LogP contribution in [-0.4, -0.2) is 23.5 Å². The van der Waals surface area contributed by atoms with Gasteiger partial charge in [-0.1, -0.05) is 13.8 Å². The van der Waals surface area contributed by atoms with Gasteiger partial charge >= 0.3 is 5.97 Å². The third-order valence-electron chi connectivity index (χ3n) is 3.18. The molecule has 1 aromatic rings. The van der Waals surface area contributed by atoms with E-state index < -0.39 is 5.97 Å². The number of carboxylic acids is 1. The molecule has 0 bridgehead atoms. The predicted molar refractivity (Wildman–Crippen MR) is 68.8 cm³/mol. The van der Waals surface area contributed by atoms with Gasteiger partial charge in [0.2, 0.25) is 5.91 Å². The number of carbonyl (C=O) groups excluding carboxylic acids is 1. The summed E-state index contributed by atoms with van der Waals surface area (Å²) in [7, 11) is 0. The van der Waals surface area contributed by atoms with E-state index >= 15 is 0 Å². The molecule has 1 atom stereocenters. The number of benzene rings is 1. The Hall–Kier alpha value is -2.04. The maximum atomic E-state index is 12.0. The summed E-state index contributed by atoms with van der Waals surface area (Å²) in [6.45, 7) is 4.54. The van der Waals surface area contributed by atoms with Crippen LogP contribution in [0.2, 0.25) is 0 Å². The molecular formula is C13H16N2O3. The van der Waals surface area contributed by atoms with E-state index in [1.165, 1.54) is 12.1 Å². The number of carboxylic acid groups (broad SMARTS) is 1. The molecule has 3 N–H and O–H groups in total. The molecule has 1 aromatic carbocycles. The van der Waals surface area contributed by atoms with E-state index in [1.807, 2.05) is 13.8 Å². The fourth-order valence-electron chi connectivity index (χ4n) is 2.01. The van der Waals surface area contributed by atoms with Gasteiger partial charge in [-0.25, -0.2) is 4.79 Å². The van der Waals surface area contributed by atoms with Crippen molar-refractivity contribution in [1.29, 1.82) is 0 Å². The molecule has 1 unspecified atom stereocenters. The van der Waals surface area contributed by atoms with Gasteiger partial charge in [-0.2, -0.15) is 0 Å². The summed E-state index contributed by atoms with van der Waals surface area (Å²) in [4.78, 5) is 22.9. The molecule has 0 radical (unpaired) electrons. The lowest BCUT2D eigenvalue weighted by Crippen LogP contribution is -2.29. The summed E-state index contributed by atoms with van der Waals surface area (Å²) >= 11 is 0. The normalized spacial score (nSPS) is 18.6. The molecule has 5 heteroatoms. The van der Waals surface area contributed by atoms with Crippen molar-refractivity contribution in [3.63, 3.8) is 0 Å². The van der Waals surface area contributed by atoms with E-state index in [4.69, 9.17) is 5.11 Å². The van der Waals surface area contributed by atoms with Gasteiger partial charge in [-0.3, -0.25) is 4.79 Å². The topological polar surface area (TPSA) is 78.4 Å². The van der Waals surface area contributed by atoms with Crippen molar-refractivity contribution in [1.82, 2.24) is 0 Å². The monoisotopic (exact) mass is 248 g/mol. The maximum Gasteiger partial charge on any atom is 0.335 e. The number of carbonyl (C=O) groups is 2. The summed E-state index contributed by atoms with van der Waals surface area (Å²) in [6.07, 6.45) is 0. The largest absolute Gasteiger partial charge is 0.478 e. The molecular weight excluding hydrogens is 232 g/mol. The van der Waals surface area contributed by atoms with Gasteiger partial charge in [-0.05, 0) is 24.1 Å². The Balaban J connectivity index is 2.33. The zero-order chi connectivity index (χ0) is 13.3.